The molecule has 0 saturated carbocycles. The molecule has 27 heavy (non-hydrogen) atoms. The topological polar surface area (TPSA) is 78.0 Å². The number of hydrogen-bond donors (Lipinski definition) is 0. The van der Waals surface area contributed by atoms with Gasteiger partial charge in [0.2, 0.25) is 0 Å². The van der Waals surface area contributed by atoms with Crippen molar-refractivity contribution in [2.24, 2.45) is 0 Å². The lowest BCUT2D eigenvalue weighted by molar-refractivity contribution is -0.384. The highest BCUT2D eigenvalue weighted by Gasteiger charge is 2.15. The molecule has 0 bridgehead atoms. The number of nitrogens with zero attached hydrogens (tertiary/aromatic N) is 3. The summed E-state index contributed by atoms with van der Waals surface area (Å²) in [6.45, 7) is 0.393. The molecule has 0 aliphatic heterocycles. The molecule has 0 aliphatic carbocycles. The number of fused-ring (bicyclic) bond motifs is 1. The maximum Gasteiger partial charge on any atom is 0.277 e. The monoisotopic (exact) mass is 357 g/mol. The van der Waals surface area contributed by atoms with E-state index in [9.17, 15) is 14.9 Å². The van der Waals surface area contributed by atoms with Gasteiger partial charge in [0.25, 0.3) is 11.2 Å². The first-order valence-electron chi connectivity index (χ1n) is 8.42. The molecule has 0 spiro atoms. The quantitative estimate of drug-likeness (QED) is 0.408. The van der Waals surface area contributed by atoms with E-state index in [4.69, 9.17) is 0 Å². The number of nitro benzene ring substituents is 1. The van der Waals surface area contributed by atoms with Crippen molar-refractivity contribution in [3.05, 3.63) is 105 Å². The summed E-state index contributed by atoms with van der Waals surface area (Å²) in [6, 6.07) is 23.1. The SMILES string of the molecule is O=c1c(-c2cccc([N+](=O)[O-])c2)nc2ccccc2n1Cc1ccccc1. The molecule has 4 rings (SSSR count). The Hall–Kier alpha value is -3.80. The molecule has 0 unspecified atom stereocenters. The Balaban J connectivity index is 1.95. The molecule has 132 valence electrons. The predicted molar refractivity (Wildman–Crippen MR) is 104 cm³/mol. The van der Waals surface area contributed by atoms with Crippen molar-refractivity contribution in [1.82, 2.24) is 9.55 Å². The van der Waals surface area contributed by atoms with Crippen LogP contribution in [0.15, 0.2) is 83.7 Å². The van der Waals surface area contributed by atoms with Gasteiger partial charge in [-0.1, -0.05) is 54.6 Å². The number of para-hydroxylation sites is 2. The molecule has 0 saturated heterocycles. The summed E-state index contributed by atoms with van der Waals surface area (Å²) >= 11 is 0. The van der Waals surface area contributed by atoms with E-state index in [1.165, 1.54) is 12.1 Å². The molecule has 6 nitrogen and oxygen atoms in total. The third-order valence-electron chi connectivity index (χ3n) is 4.37. The third kappa shape index (κ3) is 3.20. The summed E-state index contributed by atoms with van der Waals surface area (Å²) in [7, 11) is 0. The molecule has 6 heteroatoms. The average Bonchev–Trinajstić information content (AvgIpc) is 2.71. The third-order valence-corrected chi connectivity index (χ3v) is 4.37. The number of aromatic nitrogens is 2. The number of nitro groups is 1. The van der Waals surface area contributed by atoms with Crippen molar-refractivity contribution in [2.45, 2.75) is 6.54 Å². The van der Waals surface area contributed by atoms with Gasteiger partial charge in [0.1, 0.15) is 5.69 Å². The highest BCUT2D eigenvalue weighted by molar-refractivity contribution is 5.78. The summed E-state index contributed by atoms with van der Waals surface area (Å²) in [5, 5.41) is 11.1. The lowest BCUT2D eigenvalue weighted by Crippen LogP contribution is -2.24. The molecule has 0 atom stereocenters. The average molecular weight is 357 g/mol. The highest BCUT2D eigenvalue weighted by atomic mass is 16.6. The van der Waals surface area contributed by atoms with E-state index >= 15 is 0 Å². The molecular formula is C21H15N3O3. The molecule has 1 heterocycles. The number of rotatable bonds is 4. The van der Waals surface area contributed by atoms with Crippen LogP contribution in [-0.4, -0.2) is 14.5 Å². The predicted octanol–water partition coefficient (Wildman–Crippen LogP) is 4.02. The van der Waals surface area contributed by atoms with Gasteiger partial charge in [-0.15, -0.1) is 0 Å². The Bertz CT molecular complexity index is 1200. The van der Waals surface area contributed by atoms with Crippen LogP contribution in [0.2, 0.25) is 0 Å². The van der Waals surface area contributed by atoms with Gasteiger partial charge in [-0.25, -0.2) is 4.98 Å². The summed E-state index contributed by atoms with van der Waals surface area (Å²) in [4.78, 5) is 28.3. The van der Waals surface area contributed by atoms with E-state index in [0.29, 0.717) is 17.6 Å². The molecule has 0 amide bonds. The fourth-order valence-corrected chi connectivity index (χ4v) is 3.07. The fourth-order valence-electron chi connectivity index (χ4n) is 3.07. The minimum atomic E-state index is -0.479. The van der Waals surface area contributed by atoms with E-state index in [-0.39, 0.29) is 16.9 Å². The smallest absolute Gasteiger partial charge is 0.277 e. The Morgan fingerprint density at radius 3 is 2.44 bits per heavy atom. The van der Waals surface area contributed by atoms with Gasteiger partial charge in [-0.05, 0) is 17.7 Å². The van der Waals surface area contributed by atoms with Crippen LogP contribution < -0.4 is 5.56 Å². The van der Waals surface area contributed by atoms with Gasteiger partial charge in [-0.3, -0.25) is 14.9 Å². The van der Waals surface area contributed by atoms with E-state index < -0.39 is 4.92 Å². The van der Waals surface area contributed by atoms with Crippen LogP contribution in [0.3, 0.4) is 0 Å². The maximum atomic E-state index is 13.2. The van der Waals surface area contributed by atoms with E-state index in [1.807, 2.05) is 54.6 Å². The lowest BCUT2D eigenvalue weighted by atomic mass is 10.1. The van der Waals surface area contributed by atoms with Crippen LogP contribution in [-0.2, 0) is 6.54 Å². The number of benzene rings is 3. The minimum absolute atomic E-state index is 0.0727. The summed E-state index contributed by atoms with van der Waals surface area (Å²) < 4.78 is 1.66. The zero-order valence-electron chi connectivity index (χ0n) is 14.3. The van der Waals surface area contributed by atoms with Crippen molar-refractivity contribution in [3.63, 3.8) is 0 Å². The maximum absolute atomic E-state index is 13.2. The second-order valence-corrected chi connectivity index (χ2v) is 6.13. The Morgan fingerprint density at radius 1 is 0.926 bits per heavy atom. The molecule has 4 aromatic rings. The normalized spacial score (nSPS) is 10.8. The van der Waals surface area contributed by atoms with Crippen LogP contribution in [0.25, 0.3) is 22.3 Å². The first-order valence-corrected chi connectivity index (χ1v) is 8.42. The first-order chi connectivity index (χ1) is 13.1. The van der Waals surface area contributed by atoms with E-state index in [1.54, 1.807) is 16.7 Å². The molecule has 3 aromatic carbocycles. The summed E-state index contributed by atoms with van der Waals surface area (Å²) in [5.41, 5.74) is 2.65. The number of hydrogen-bond acceptors (Lipinski definition) is 4. The van der Waals surface area contributed by atoms with Crippen molar-refractivity contribution >= 4 is 16.7 Å². The van der Waals surface area contributed by atoms with Crippen LogP contribution >= 0.6 is 0 Å². The molecule has 0 aliphatic rings. The van der Waals surface area contributed by atoms with Gasteiger partial charge in [0.15, 0.2) is 0 Å². The Morgan fingerprint density at radius 2 is 1.67 bits per heavy atom. The minimum Gasteiger partial charge on any atom is -0.300 e. The van der Waals surface area contributed by atoms with Crippen molar-refractivity contribution in [2.75, 3.05) is 0 Å². The van der Waals surface area contributed by atoms with Crippen LogP contribution in [0.5, 0.6) is 0 Å². The van der Waals surface area contributed by atoms with Gasteiger partial charge < -0.3 is 4.57 Å². The highest BCUT2D eigenvalue weighted by Crippen LogP contribution is 2.22. The Labute approximate surface area is 154 Å². The fraction of sp³-hybridized carbons (Fsp3) is 0.0476. The van der Waals surface area contributed by atoms with Crippen LogP contribution in [0.4, 0.5) is 5.69 Å². The largest absolute Gasteiger partial charge is 0.300 e. The van der Waals surface area contributed by atoms with Crippen molar-refractivity contribution in [3.8, 4) is 11.3 Å². The van der Waals surface area contributed by atoms with Crippen LogP contribution in [0, 0.1) is 10.1 Å². The zero-order chi connectivity index (χ0) is 18.8. The van der Waals surface area contributed by atoms with Gasteiger partial charge in [0, 0.05) is 17.7 Å². The zero-order valence-corrected chi connectivity index (χ0v) is 14.3. The molecule has 1 aromatic heterocycles. The van der Waals surface area contributed by atoms with E-state index in [0.717, 1.165) is 11.1 Å². The van der Waals surface area contributed by atoms with Crippen LogP contribution in [0.1, 0.15) is 5.56 Å². The Kier molecular flexibility index (Phi) is 4.22. The second kappa shape index (κ2) is 6.84. The van der Waals surface area contributed by atoms with Gasteiger partial charge in [-0.2, -0.15) is 0 Å². The molecule has 0 N–H and O–H groups in total. The second-order valence-electron chi connectivity index (χ2n) is 6.13. The lowest BCUT2D eigenvalue weighted by Gasteiger charge is -2.12. The standard InChI is InChI=1S/C21H15N3O3/c25-21-20(16-9-6-10-17(13-16)24(26)27)22-18-11-4-5-12-19(18)23(21)14-15-7-2-1-3-8-15/h1-13H,14H2. The first kappa shape index (κ1) is 16.7. The summed E-state index contributed by atoms with van der Waals surface area (Å²) in [5.74, 6) is 0. The van der Waals surface area contributed by atoms with E-state index in [2.05, 4.69) is 4.98 Å². The molecule has 0 fully saturated rings. The number of non-ortho nitro benzene ring substituents is 1. The van der Waals surface area contributed by atoms with Crippen molar-refractivity contribution < 1.29 is 4.92 Å². The molecular weight excluding hydrogens is 342 g/mol. The molecule has 0 radical (unpaired) electrons. The van der Waals surface area contributed by atoms with Gasteiger partial charge >= 0.3 is 0 Å². The van der Waals surface area contributed by atoms with Gasteiger partial charge in [0.05, 0.1) is 22.5 Å². The summed E-state index contributed by atoms with van der Waals surface area (Å²) in [6.07, 6.45) is 0. The van der Waals surface area contributed by atoms with Crippen molar-refractivity contribution in [1.29, 1.82) is 0 Å².